The Morgan fingerprint density at radius 1 is 1.12 bits per heavy atom. The minimum absolute atomic E-state index is 0.833. The van der Waals surface area contributed by atoms with Crippen molar-refractivity contribution >= 4 is 0 Å². The van der Waals surface area contributed by atoms with Crippen LogP contribution in [0.3, 0.4) is 0 Å². The number of aryl methyl sites for hydroxylation is 1. The molecule has 0 aliphatic heterocycles. The first-order chi connectivity index (χ1) is 8.16. The number of hydrogen-bond donors (Lipinski definition) is 1. The Labute approximate surface area is 106 Å². The Bertz CT molecular complexity index is 341. The van der Waals surface area contributed by atoms with E-state index < -0.39 is 0 Å². The fourth-order valence-electron chi connectivity index (χ4n) is 2.97. The second-order valence-corrected chi connectivity index (χ2v) is 5.86. The van der Waals surface area contributed by atoms with Crippen LogP contribution < -0.4 is 5.32 Å². The summed E-state index contributed by atoms with van der Waals surface area (Å²) in [5.74, 6) is 1.78. The molecule has 1 aliphatic rings. The van der Waals surface area contributed by atoms with Crippen molar-refractivity contribution in [2.45, 2.75) is 52.6 Å². The molecule has 0 spiro atoms. The molecular weight excluding hydrogens is 206 g/mol. The summed E-state index contributed by atoms with van der Waals surface area (Å²) in [7, 11) is 0. The van der Waals surface area contributed by atoms with Gasteiger partial charge >= 0.3 is 0 Å². The Morgan fingerprint density at radius 3 is 2.53 bits per heavy atom. The van der Waals surface area contributed by atoms with Crippen molar-refractivity contribution in [2.24, 2.45) is 11.8 Å². The van der Waals surface area contributed by atoms with E-state index >= 15 is 0 Å². The minimum atomic E-state index is 0.833. The molecule has 17 heavy (non-hydrogen) atoms. The van der Waals surface area contributed by atoms with Crippen molar-refractivity contribution in [3.8, 4) is 0 Å². The molecule has 2 rings (SSSR count). The van der Waals surface area contributed by atoms with Crippen molar-refractivity contribution in [3.05, 3.63) is 35.4 Å². The van der Waals surface area contributed by atoms with Gasteiger partial charge in [0.1, 0.15) is 6.54 Å². The van der Waals surface area contributed by atoms with Gasteiger partial charge in [0.15, 0.2) is 0 Å². The summed E-state index contributed by atoms with van der Waals surface area (Å²) in [5, 5.41) is 2.56. The van der Waals surface area contributed by atoms with E-state index in [0.717, 1.165) is 24.4 Å². The van der Waals surface area contributed by atoms with Crippen LogP contribution in [0.1, 0.15) is 44.2 Å². The molecule has 1 nitrogen and oxygen atoms in total. The van der Waals surface area contributed by atoms with Gasteiger partial charge in [0.2, 0.25) is 0 Å². The quantitative estimate of drug-likeness (QED) is 0.825. The molecular formula is C16H26N+. The molecule has 1 aromatic carbocycles. The van der Waals surface area contributed by atoms with Crippen LogP contribution >= 0.6 is 0 Å². The lowest BCUT2D eigenvalue weighted by Gasteiger charge is -2.32. The molecule has 1 aliphatic carbocycles. The molecule has 0 aromatic heterocycles. The number of rotatable bonds is 3. The van der Waals surface area contributed by atoms with Gasteiger partial charge in [0.05, 0.1) is 6.04 Å². The highest BCUT2D eigenvalue weighted by atomic mass is 14.9. The normalized spacial score (nSPS) is 29.2. The number of benzene rings is 1. The number of nitrogens with two attached hydrogens (primary N) is 1. The first-order valence-electron chi connectivity index (χ1n) is 7.05. The molecule has 0 amide bonds. The lowest BCUT2D eigenvalue weighted by atomic mass is 9.78. The van der Waals surface area contributed by atoms with E-state index in [9.17, 15) is 0 Å². The lowest BCUT2D eigenvalue weighted by Crippen LogP contribution is -2.90. The first-order valence-corrected chi connectivity index (χ1v) is 7.05. The van der Waals surface area contributed by atoms with E-state index in [2.05, 4.69) is 50.4 Å². The lowest BCUT2D eigenvalue weighted by molar-refractivity contribution is -0.713. The van der Waals surface area contributed by atoms with E-state index in [4.69, 9.17) is 0 Å². The first kappa shape index (κ1) is 12.6. The molecule has 0 saturated heterocycles. The van der Waals surface area contributed by atoms with Crippen LogP contribution in [0.25, 0.3) is 0 Å². The summed E-state index contributed by atoms with van der Waals surface area (Å²) >= 11 is 0. The largest absolute Gasteiger partial charge is 0.340 e. The molecule has 0 heterocycles. The van der Waals surface area contributed by atoms with Gasteiger partial charge in [-0.1, -0.05) is 43.7 Å². The van der Waals surface area contributed by atoms with Crippen LogP contribution in [0.15, 0.2) is 24.3 Å². The van der Waals surface area contributed by atoms with Crippen LogP contribution in [0.2, 0.25) is 0 Å². The zero-order chi connectivity index (χ0) is 12.3. The van der Waals surface area contributed by atoms with Gasteiger partial charge < -0.3 is 5.32 Å². The molecule has 3 atom stereocenters. The van der Waals surface area contributed by atoms with Crippen LogP contribution in [-0.4, -0.2) is 6.04 Å². The van der Waals surface area contributed by atoms with Gasteiger partial charge in [-0.2, -0.15) is 0 Å². The summed E-state index contributed by atoms with van der Waals surface area (Å²) < 4.78 is 0. The Kier molecular flexibility index (Phi) is 4.22. The van der Waals surface area contributed by atoms with E-state index in [1.165, 1.54) is 30.4 Å². The van der Waals surface area contributed by atoms with Gasteiger partial charge in [-0.3, -0.25) is 0 Å². The zero-order valence-corrected chi connectivity index (χ0v) is 11.4. The monoisotopic (exact) mass is 232 g/mol. The molecule has 1 fully saturated rings. The van der Waals surface area contributed by atoms with Crippen molar-refractivity contribution in [1.29, 1.82) is 0 Å². The van der Waals surface area contributed by atoms with Crippen molar-refractivity contribution < 1.29 is 5.32 Å². The second kappa shape index (κ2) is 5.68. The van der Waals surface area contributed by atoms with Gasteiger partial charge in [0, 0.05) is 11.5 Å². The van der Waals surface area contributed by atoms with E-state index in [1.54, 1.807) is 0 Å². The standard InChI is InChI=1S/C16H25N/c1-12-7-9-15(10-8-12)11-17-16-6-4-5-13(2)14(16)3/h7-10,13-14,16-17H,4-6,11H2,1-3H3/p+1/t13-,14-,16-/m0/s1. The zero-order valence-electron chi connectivity index (χ0n) is 11.4. The van der Waals surface area contributed by atoms with Crippen LogP contribution in [0, 0.1) is 18.8 Å². The highest BCUT2D eigenvalue weighted by molar-refractivity contribution is 5.20. The third-order valence-electron chi connectivity index (χ3n) is 4.55. The second-order valence-electron chi connectivity index (χ2n) is 5.86. The Hall–Kier alpha value is -0.820. The van der Waals surface area contributed by atoms with Crippen molar-refractivity contribution in [2.75, 3.05) is 0 Å². The predicted octanol–water partition coefficient (Wildman–Crippen LogP) is 2.88. The molecule has 1 heteroatoms. The third-order valence-corrected chi connectivity index (χ3v) is 4.55. The molecule has 94 valence electrons. The Balaban J connectivity index is 1.87. The smallest absolute Gasteiger partial charge is 0.101 e. The van der Waals surface area contributed by atoms with Gasteiger partial charge in [-0.25, -0.2) is 0 Å². The number of hydrogen-bond acceptors (Lipinski definition) is 0. The number of quaternary nitrogens is 1. The fraction of sp³-hybridized carbons (Fsp3) is 0.625. The highest BCUT2D eigenvalue weighted by Crippen LogP contribution is 2.27. The maximum Gasteiger partial charge on any atom is 0.101 e. The van der Waals surface area contributed by atoms with E-state index in [0.29, 0.717) is 0 Å². The summed E-state index contributed by atoms with van der Waals surface area (Å²) in [5.41, 5.74) is 2.81. The molecule has 2 N–H and O–H groups in total. The maximum absolute atomic E-state index is 2.56. The molecule has 0 radical (unpaired) electrons. The third kappa shape index (κ3) is 3.32. The van der Waals surface area contributed by atoms with E-state index in [-0.39, 0.29) is 0 Å². The summed E-state index contributed by atoms with van der Waals surface area (Å²) in [4.78, 5) is 0. The maximum atomic E-state index is 2.56. The topological polar surface area (TPSA) is 16.6 Å². The summed E-state index contributed by atoms with van der Waals surface area (Å²) in [6, 6.07) is 9.80. The van der Waals surface area contributed by atoms with Crippen LogP contribution in [0.5, 0.6) is 0 Å². The molecule has 1 aromatic rings. The van der Waals surface area contributed by atoms with Gasteiger partial charge in [-0.15, -0.1) is 0 Å². The predicted molar refractivity (Wildman–Crippen MR) is 72.8 cm³/mol. The highest BCUT2D eigenvalue weighted by Gasteiger charge is 2.29. The van der Waals surface area contributed by atoms with Crippen molar-refractivity contribution in [3.63, 3.8) is 0 Å². The average molecular weight is 232 g/mol. The molecule has 0 unspecified atom stereocenters. The minimum Gasteiger partial charge on any atom is -0.340 e. The van der Waals surface area contributed by atoms with Gasteiger partial charge in [-0.05, 0) is 32.1 Å². The van der Waals surface area contributed by atoms with Crippen LogP contribution in [0.4, 0.5) is 0 Å². The Morgan fingerprint density at radius 2 is 1.82 bits per heavy atom. The SMILES string of the molecule is Cc1ccc(C[NH2+][C@H]2CCC[C@H](C)[C@@H]2C)cc1. The summed E-state index contributed by atoms with van der Waals surface area (Å²) in [6.07, 6.45) is 4.24. The van der Waals surface area contributed by atoms with E-state index in [1.807, 2.05) is 0 Å². The summed E-state index contributed by atoms with van der Waals surface area (Å²) in [6.45, 7) is 8.14. The fourth-order valence-corrected chi connectivity index (χ4v) is 2.97. The molecule has 1 saturated carbocycles. The van der Waals surface area contributed by atoms with Gasteiger partial charge in [0.25, 0.3) is 0 Å². The average Bonchev–Trinajstić information content (AvgIpc) is 2.33. The van der Waals surface area contributed by atoms with Crippen molar-refractivity contribution in [1.82, 2.24) is 0 Å². The van der Waals surface area contributed by atoms with Crippen LogP contribution in [-0.2, 0) is 6.54 Å². The molecule has 0 bridgehead atoms.